The Bertz CT molecular complexity index is 629. The van der Waals surface area contributed by atoms with Gasteiger partial charge in [0.25, 0.3) is 0 Å². The fourth-order valence-electron chi connectivity index (χ4n) is 2.40. The van der Waals surface area contributed by atoms with Crippen molar-refractivity contribution in [2.75, 3.05) is 13.7 Å². The minimum absolute atomic E-state index is 0.143. The van der Waals surface area contributed by atoms with Crippen molar-refractivity contribution in [3.05, 3.63) is 34.9 Å². The molecule has 0 saturated carbocycles. The van der Waals surface area contributed by atoms with E-state index in [1.165, 1.54) is 7.11 Å². The molecule has 0 saturated heterocycles. The van der Waals surface area contributed by atoms with Crippen molar-refractivity contribution < 1.29 is 9.84 Å². The molecule has 1 aliphatic rings. The van der Waals surface area contributed by atoms with Crippen LogP contribution in [0.2, 0.25) is 5.02 Å². The Balaban J connectivity index is 1.80. The third kappa shape index (κ3) is 2.44. The maximum absolute atomic E-state index is 10.2. The Labute approximate surface area is 121 Å². The second kappa shape index (κ2) is 5.30. The van der Waals surface area contributed by atoms with E-state index in [1.807, 2.05) is 4.57 Å². The molecule has 0 amide bonds. The molecule has 2 aromatic rings. The molecule has 1 aliphatic heterocycles. The molecule has 0 atom stereocenters. The molecule has 7 heteroatoms. The van der Waals surface area contributed by atoms with E-state index >= 15 is 0 Å². The topological polar surface area (TPSA) is 63.4 Å². The van der Waals surface area contributed by atoms with Gasteiger partial charge < -0.3 is 14.4 Å². The molecular formula is C13H15ClN4O2. The number of fused-ring (bicyclic) bond motifs is 1. The van der Waals surface area contributed by atoms with Gasteiger partial charge in [-0.25, -0.2) is 0 Å². The summed E-state index contributed by atoms with van der Waals surface area (Å²) < 4.78 is 7.16. The summed E-state index contributed by atoms with van der Waals surface area (Å²) in [6.45, 7) is 3.02. The molecule has 0 bridgehead atoms. The minimum Gasteiger partial charge on any atom is -0.504 e. The van der Waals surface area contributed by atoms with Crippen LogP contribution in [-0.4, -0.2) is 38.4 Å². The molecule has 0 radical (unpaired) electrons. The van der Waals surface area contributed by atoms with E-state index in [2.05, 4.69) is 15.1 Å². The molecule has 0 spiro atoms. The zero-order valence-corrected chi connectivity index (χ0v) is 11.8. The van der Waals surface area contributed by atoms with Gasteiger partial charge in [-0.15, -0.1) is 10.2 Å². The number of rotatable bonds is 3. The SMILES string of the molecule is COc1cc(Cl)cc(CN2CCn3cnnc3C2)c1O. The molecule has 0 aliphatic carbocycles. The number of phenolic OH excluding ortho intramolecular Hbond substituents is 1. The van der Waals surface area contributed by atoms with Gasteiger partial charge in [0.2, 0.25) is 0 Å². The molecule has 1 N–H and O–H groups in total. The van der Waals surface area contributed by atoms with Crippen LogP contribution in [0.3, 0.4) is 0 Å². The maximum Gasteiger partial charge on any atom is 0.162 e. The third-order valence-corrected chi connectivity index (χ3v) is 3.67. The first-order valence-electron chi connectivity index (χ1n) is 6.32. The quantitative estimate of drug-likeness (QED) is 0.933. The number of nitrogens with zero attached hydrogens (tertiary/aromatic N) is 4. The number of benzene rings is 1. The van der Waals surface area contributed by atoms with E-state index in [-0.39, 0.29) is 5.75 Å². The summed E-state index contributed by atoms with van der Waals surface area (Å²) in [7, 11) is 1.51. The van der Waals surface area contributed by atoms with E-state index in [0.717, 1.165) is 24.5 Å². The Hall–Kier alpha value is -1.79. The Kier molecular flexibility index (Phi) is 3.50. The van der Waals surface area contributed by atoms with Crippen LogP contribution >= 0.6 is 11.6 Å². The predicted molar refractivity (Wildman–Crippen MR) is 73.8 cm³/mol. The van der Waals surface area contributed by atoms with Crippen LogP contribution in [0.15, 0.2) is 18.5 Å². The van der Waals surface area contributed by atoms with Crippen molar-refractivity contribution in [2.45, 2.75) is 19.6 Å². The zero-order valence-electron chi connectivity index (χ0n) is 11.1. The van der Waals surface area contributed by atoms with E-state index in [1.54, 1.807) is 18.5 Å². The van der Waals surface area contributed by atoms with Crippen molar-refractivity contribution in [1.82, 2.24) is 19.7 Å². The number of methoxy groups -OCH3 is 1. The van der Waals surface area contributed by atoms with Crippen LogP contribution < -0.4 is 4.74 Å². The standard InChI is InChI=1S/C13H15ClN4O2/c1-20-11-5-10(14)4-9(13(11)19)6-17-2-3-18-8-15-16-12(18)7-17/h4-5,8,19H,2-3,6-7H2,1H3. The number of phenols is 1. The second-order valence-corrected chi connectivity index (χ2v) is 5.20. The van der Waals surface area contributed by atoms with Crippen LogP contribution in [0.5, 0.6) is 11.5 Å². The molecule has 1 aromatic heterocycles. The molecule has 3 rings (SSSR count). The number of ether oxygens (including phenoxy) is 1. The number of hydrogen-bond donors (Lipinski definition) is 1. The Morgan fingerprint density at radius 1 is 1.40 bits per heavy atom. The lowest BCUT2D eigenvalue weighted by molar-refractivity contribution is 0.206. The zero-order chi connectivity index (χ0) is 14.1. The summed E-state index contributed by atoms with van der Waals surface area (Å²) in [4.78, 5) is 2.19. The fourth-order valence-corrected chi connectivity index (χ4v) is 2.63. The van der Waals surface area contributed by atoms with Gasteiger partial charge in [0.1, 0.15) is 12.2 Å². The van der Waals surface area contributed by atoms with Gasteiger partial charge in [0, 0.05) is 36.3 Å². The summed E-state index contributed by atoms with van der Waals surface area (Å²) in [6, 6.07) is 3.37. The predicted octanol–water partition coefficient (Wildman–Crippen LogP) is 1.66. The van der Waals surface area contributed by atoms with Gasteiger partial charge >= 0.3 is 0 Å². The smallest absolute Gasteiger partial charge is 0.162 e. The summed E-state index contributed by atoms with van der Waals surface area (Å²) in [5.41, 5.74) is 0.752. The van der Waals surface area contributed by atoms with Crippen LogP contribution in [0.1, 0.15) is 11.4 Å². The van der Waals surface area contributed by atoms with Gasteiger partial charge in [0.15, 0.2) is 11.5 Å². The highest BCUT2D eigenvalue weighted by atomic mass is 35.5. The van der Waals surface area contributed by atoms with E-state index < -0.39 is 0 Å². The van der Waals surface area contributed by atoms with E-state index in [9.17, 15) is 5.11 Å². The summed E-state index contributed by atoms with van der Waals surface area (Å²) in [5.74, 6) is 1.47. The van der Waals surface area contributed by atoms with Crippen molar-refractivity contribution in [3.63, 3.8) is 0 Å². The number of aromatic hydroxyl groups is 1. The van der Waals surface area contributed by atoms with Crippen LogP contribution in [0.4, 0.5) is 0 Å². The van der Waals surface area contributed by atoms with Crippen molar-refractivity contribution >= 4 is 11.6 Å². The summed E-state index contributed by atoms with van der Waals surface area (Å²) >= 11 is 6.05. The highest BCUT2D eigenvalue weighted by Crippen LogP contribution is 2.34. The van der Waals surface area contributed by atoms with Gasteiger partial charge in [-0.05, 0) is 6.07 Å². The molecule has 0 unspecified atom stereocenters. The lowest BCUT2D eigenvalue weighted by Crippen LogP contribution is -2.33. The first-order chi connectivity index (χ1) is 9.67. The first-order valence-corrected chi connectivity index (χ1v) is 6.69. The molecule has 6 nitrogen and oxygen atoms in total. The fraction of sp³-hybridized carbons (Fsp3) is 0.385. The lowest BCUT2D eigenvalue weighted by Gasteiger charge is -2.27. The van der Waals surface area contributed by atoms with E-state index in [0.29, 0.717) is 23.9 Å². The van der Waals surface area contributed by atoms with Crippen molar-refractivity contribution in [1.29, 1.82) is 0 Å². The number of halogens is 1. The molecule has 2 heterocycles. The number of aromatic nitrogens is 3. The molecule has 0 fully saturated rings. The highest BCUT2D eigenvalue weighted by molar-refractivity contribution is 6.30. The third-order valence-electron chi connectivity index (χ3n) is 3.45. The lowest BCUT2D eigenvalue weighted by atomic mass is 10.1. The van der Waals surface area contributed by atoms with E-state index in [4.69, 9.17) is 16.3 Å². The largest absolute Gasteiger partial charge is 0.504 e. The summed E-state index contributed by atoms with van der Waals surface area (Å²) in [5, 5.41) is 18.7. The normalized spacial score (nSPS) is 15.1. The average molecular weight is 295 g/mol. The Morgan fingerprint density at radius 2 is 2.25 bits per heavy atom. The van der Waals surface area contributed by atoms with Gasteiger partial charge in [-0.2, -0.15) is 0 Å². The van der Waals surface area contributed by atoms with Gasteiger partial charge in [-0.3, -0.25) is 4.90 Å². The average Bonchev–Trinajstić information content (AvgIpc) is 2.90. The molecule has 20 heavy (non-hydrogen) atoms. The molecule has 106 valence electrons. The molecule has 1 aromatic carbocycles. The Morgan fingerprint density at radius 3 is 3.05 bits per heavy atom. The van der Waals surface area contributed by atoms with Crippen LogP contribution in [0, 0.1) is 0 Å². The highest BCUT2D eigenvalue weighted by Gasteiger charge is 2.19. The van der Waals surface area contributed by atoms with Crippen LogP contribution in [0.25, 0.3) is 0 Å². The second-order valence-electron chi connectivity index (χ2n) is 4.77. The van der Waals surface area contributed by atoms with Gasteiger partial charge in [0.05, 0.1) is 13.7 Å². The van der Waals surface area contributed by atoms with Crippen molar-refractivity contribution in [2.24, 2.45) is 0 Å². The summed E-state index contributed by atoms with van der Waals surface area (Å²) in [6.07, 6.45) is 1.74. The maximum atomic E-state index is 10.2. The van der Waals surface area contributed by atoms with Crippen LogP contribution in [-0.2, 0) is 19.6 Å². The van der Waals surface area contributed by atoms with Gasteiger partial charge in [-0.1, -0.05) is 11.6 Å². The van der Waals surface area contributed by atoms with Crippen molar-refractivity contribution in [3.8, 4) is 11.5 Å². The first kappa shape index (κ1) is 13.2. The molecular weight excluding hydrogens is 280 g/mol. The monoisotopic (exact) mass is 294 g/mol. The minimum atomic E-state index is 0.143. The number of hydrogen-bond acceptors (Lipinski definition) is 5.